The van der Waals surface area contributed by atoms with Crippen molar-refractivity contribution in [2.24, 2.45) is 0 Å². The molecular weight excluding hydrogens is 308 g/mol. The molecule has 6 heteroatoms. The van der Waals surface area contributed by atoms with E-state index >= 15 is 0 Å². The second kappa shape index (κ2) is 6.74. The summed E-state index contributed by atoms with van der Waals surface area (Å²) in [4.78, 5) is 12.5. The minimum atomic E-state index is -1.50. The van der Waals surface area contributed by atoms with Crippen LogP contribution in [0.4, 0.5) is 11.4 Å². The average Bonchev–Trinajstić information content (AvgIpc) is 2.43. The summed E-state index contributed by atoms with van der Waals surface area (Å²) in [5, 5.41) is 3.09. The maximum absolute atomic E-state index is 12.2. The average molecular weight is 323 g/mol. The van der Waals surface area contributed by atoms with Gasteiger partial charge in [-0.1, -0.05) is 35.9 Å². The minimum absolute atomic E-state index is 0.169. The van der Waals surface area contributed by atoms with Gasteiger partial charge in [-0.05, 0) is 30.7 Å². The summed E-state index contributed by atoms with van der Waals surface area (Å²) >= 11 is 5.97. The van der Waals surface area contributed by atoms with Crippen molar-refractivity contribution in [3.63, 3.8) is 0 Å². The third-order valence-electron chi connectivity index (χ3n) is 2.91. The smallest absolute Gasteiger partial charge is 0.237 e. The highest BCUT2D eigenvalue weighted by molar-refractivity contribution is 7.86. The molecule has 0 radical (unpaired) electrons. The van der Waals surface area contributed by atoms with Crippen LogP contribution in [0.1, 0.15) is 5.56 Å². The summed E-state index contributed by atoms with van der Waals surface area (Å²) in [5.41, 5.74) is 7.71. The van der Waals surface area contributed by atoms with E-state index < -0.39 is 10.8 Å². The summed E-state index contributed by atoms with van der Waals surface area (Å²) in [6, 6.07) is 12.1. The van der Waals surface area contributed by atoms with Gasteiger partial charge in [-0.25, -0.2) is 0 Å². The Morgan fingerprint density at radius 3 is 2.62 bits per heavy atom. The lowest BCUT2D eigenvalue weighted by atomic mass is 10.1. The van der Waals surface area contributed by atoms with Crippen molar-refractivity contribution in [1.82, 2.24) is 0 Å². The number of hydrogen-bond acceptors (Lipinski definition) is 3. The molecule has 21 heavy (non-hydrogen) atoms. The van der Waals surface area contributed by atoms with Crippen LogP contribution in [0.3, 0.4) is 0 Å². The van der Waals surface area contributed by atoms with Crippen LogP contribution >= 0.6 is 11.6 Å². The molecule has 1 unspecified atom stereocenters. The van der Waals surface area contributed by atoms with Crippen LogP contribution in [-0.2, 0) is 15.6 Å². The molecule has 2 rings (SSSR count). The first-order valence-corrected chi connectivity index (χ1v) is 7.96. The van der Waals surface area contributed by atoms with E-state index in [1.165, 1.54) is 0 Å². The number of anilines is 2. The number of rotatable bonds is 4. The molecule has 0 fully saturated rings. The fourth-order valence-corrected chi connectivity index (χ4v) is 3.24. The standard InChI is InChI=1S/C15H15ClN2O2S/c1-10-5-4-7-12(17)15(10)18-14(19)9-21(20)13-8-3-2-6-11(13)16/h2-8H,9,17H2,1H3,(H,18,19). The number of aryl methyl sites for hydroxylation is 1. The van der Waals surface area contributed by atoms with E-state index in [0.717, 1.165) is 5.56 Å². The first-order chi connectivity index (χ1) is 9.99. The molecule has 0 saturated carbocycles. The van der Waals surface area contributed by atoms with Crippen molar-refractivity contribution < 1.29 is 9.00 Å². The quantitative estimate of drug-likeness (QED) is 0.850. The van der Waals surface area contributed by atoms with Crippen molar-refractivity contribution in [1.29, 1.82) is 0 Å². The molecule has 2 aromatic carbocycles. The largest absolute Gasteiger partial charge is 0.397 e. The van der Waals surface area contributed by atoms with Gasteiger partial charge in [0.05, 0.1) is 32.1 Å². The van der Waals surface area contributed by atoms with Crippen molar-refractivity contribution >= 4 is 39.7 Å². The zero-order chi connectivity index (χ0) is 15.4. The SMILES string of the molecule is Cc1cccc(N)c1NC(=O)CS(=O)c1ccccc1Cl. The van der Waals surface area contributed by atoms with Gasteiger partial charge < -0.3 is 11.1 Å². The molecule has 110 valence electrons. The van der Waals surface area contributed by atoms with E-state index in [1.807, 2.05) is 19.1 Å². The van der Waals surface area contributed by atoms with Gasteiger partial charge in [0.15, 0.2) is 0 Å². The van der Waals surface area contributed by atoms with E-state index in [9.17, 15) is 9.00 Å². The number of halogens is 1. The second-order valence-corrected chi connectivity index (χ2v) is 6.33. The van der Waals surface area contributed by atoms with E-state index in [2.05, 4.69) is 5.32 Å². The number of carbonyl (C=O) groups is 1. The van der Waals surface area contributed by atoms with Crippen LogP contribution in [0.2, 0.25) is 5.02 Å². The molecule has 0 spiro atoms. The highest BCUT2D eigenvalue weighted by atomic mass is 35.5. The molecule has 2 aromatic rings. The second-order valence-electron chi connectivity index (χ2n) is 4.51. The first kappa shape index (κ1) is 15.5. The van der Waals surface area contributed by atoms with Gasteiger partial charge in [0.2, 0.25) is 5.91 Å². The molecule has 0 aliphatic rings. The molecule has 0 bridgehead atoms. The van der Waals surface area contributed by atoms with Gasteiger partial charge in [0, 0.05) is 0 Å². The van der Waals surface area contributed by atoms with Crippen LogP contribution in [0, 0.1) is 6.92 Å². The Morgan fingerprint density at radius 1 is 1.24 bits per heavy atom. The number of nitrogen functional groups attached to an aromatic ring is 1. The highest BCUT2D eigenvalue weighted by Crippen LogP contribution is 2.23. The Hall–Kier alpha value is -1.85. The Balaban J connectivity index is 2.09. The van der Waals surface area contributed by atoms with E-state index in [-0.39, 0.29) is 11.7 Å². The Morgan fingerprint density at radius 2 is 1.95 bits per heavy atom. The Bertz CT molecular complexity index is 684. The predicted molar refractivity (Wildman–Crippen MR) is 86.9 cm³/mol. The van der Waals surface area contributed by atoms with Crippen LogP contribution in [0.25, 0.3) is 0 Å². The summed E-state index contributed by atoms with van der Waals surface area (Å²) < 4.78 is 12.2. The third kappa shape index (κ3) is 3.83. The molecule has 0 aliphatic heterocycles. The maximum Gasteiger partial charge on any atom is 0.237 e. The molecular formula is C15H15ClN2O2S. The zero-order valence-electron chi connectivity index (χ0n) is 11.4. The lowest BCUT2D eigenvalue weighted by Gasteiger charge is -2.11. The number of para-hydroxylation sites is 1. The monoisotopic (exact) mass is 322 g/mol. The molecule has 0 aliphatic carbocycles. The van der Waals surface area contributed by atoms with Crippen molar-refractivity contribution in [3.8, 4) is 0 Å². The van der Waals surface area contributed by atoms with Gasteiger partial charge in [-0.3, -0.25) is 9.00 Å². The minimum Gasteiger partial charge on any atom is -0.397 e. The summed E-state index contributed by atoms with van der Waals surface area (Å²) in [5.74, 6) is -0.536. The Labute approximate surface area is 130 Å². The lowest BCUT2D eigenvalue weighted by Crippen LogP contribution is -2.21. The van der Waals surface area contributed by atoms with E-state index in [4.69, 9.17) is 17.3 Å². The predicted octanol–water partition coefficient (Wildman–Crippen LogP) is 2.98. The molecule has 1 atom stereocenters. The van der Waals surface area contributed by atoms with Gasteiger partial charge in [0.25, 0.3) is 0 Å². The van der Waals surface area contributed by atoms with Crippen LogP contribution < -0.4 is 11.1 Å². The molecule has 3 N–H and O–H groups in total. The van der Waals surface area contributed by atoms with E-state index in [1.54, 1.807) is 30.3 Å². The molecule has 0 heterocycles. The number of carbonyl (C=O) groups excluding carboxylic acids is 1. The fourth-order valence-electron chi connectivity index (χ4n) is 1.86. The number of benzene rings is 2. The highest BCUT2D eigenvalue weighted by Gasteiger charge is 2.14. The summed E-state index contributed by atoms with van der Waals surface area (Å²) in [7, 11) is -1.50. The number of nitrogens with two attached hydrogens (primary N) is 1. The van der Waals surface area contributed by atoms with Crippen LogP contribution in [0.15, 0.2) is 47.4 Å². The van der Waals surface area contributed by atoms with Crippen molar-refractivity contribution in [2.45, 2.75) is 11.8 Å². The zero-order valence-corrected chi connectivity index (χ0v) is 13.0. The van der Waals surface area contributed by atoms with Gasteiger partial charge >= 0.3 is 0 Å². The molecule has 0 aromatic heterocycles. The first-order valence-electron chi connectivity index (χ1n) is 6.27. The number of nitrogens with one attached hydrogen (secondary N) is 1. The molecule has 4 nitrogen and oxygen atoms in total. The van der Waals surface area contributed by atoms with Gasteiger partial charge in [-0.15, -0.1) is 0 Å². The Kier molecular flexibility index (Phi) is 4.98. The maximum atomic E-state index is 12.2. The fraction of sp³-hybridized carbons (Fsp3) is 0.133. The lowest BCUT2D eigenvalue weighted by molar-refractivity contribution is -0.113. The van der Waals surface area contributed by atoms with Gasteiger partial charge in [-0.2, -0.15) is 0 Å². The van der Waals surface area contributed by atoms with E-state index in [0.29, 0.717) is 21.3 Å². The van der Waals surface area contributed by atoms with Crippen molar-refractivity contribution in [3.05, 3.63) is 53.1 Å². The van der Waals surface area contributed by atoms with Crippen LogP contribution in [0.5, 0.6) is 0 Å². The van der Waals surface area contributed by atoms with Gasteiger partial charge in [0.1, 0.15) is 5.75 Å². The normalized spacial score (nSPS) is 11.9. The molecule has 1 amide bonds. The number of hydrogen-bond donors (Lipinski definition) is 2. The summed E-state index contributed by atoms with van der Waals surface area (Å²) in [6.07, 6.45) is 0. The number of amides is 1. The third-order valence-corrected chi connectivity index (χ3v) is 4.73. The molecule has 0 saturated heterocycles. The summed E-state index contributed by atoms with van der Waals surface area (Å²) in [6.45, 7) is 1.84. The van der Waals surface area contributed by atoms with Crippen molar-refractivity contribution in [2.75, 3.05) is 16.8 Å². The topological polar surface area (TPSA) is 72.2 Å². The van der Waals surface area contributed by atoms with Crippen LogP contribution in [-0.4, -0.2) is 15.9 Å².